The first-order valence-electron chi connectivity index (χ1n) is 6.63. The number of rotatable bonds is 4. The molecule has 5 nitrogen and oxygen atoms in total. The highest BCUT2D eigenvalue weighted by Gasteiger charge is 2.25. The van der Waals surface area contributed by atoms with Crippen molar-refractivity contribution < 1.29 is 4.79 Å². The van der Waals surface area contributed by atoms with E-state index < -0.39 is 0 Å². The Labute approximate surface area is 120 Å². The third kappa shape index (κ3) is 3.70. The molecule has 1 aromatic rings. The number of aromatic amines is 1. The number of carbonyl (C=O) groups is 1. The molecule has 0 spiro atoms. The van der Waals surface area contributed by atoms with Crippen molar-refractivity contribution in [3.05, 3.63) is 17.0 Å². The van der Waals surface area contributed by atoms with E-state index >= 15 is 0 Å². The van der Waals surface area contributed by atoms with Crippen LogP contribution >= 0.6 is 12.4 Å². The number of hydrogen-bond donors (Lipinski definition) is 3. The summed E-state index contributed by atoms with van der Waals surface area (Å²) in [5.74, 6) is -0.0744. The van der Waals surface area contributed by atoms with Crippen LogP contribution in [0, 0.1) is 0 Å². The number of halogens is 1. The second-order valence-electron chi connectivity index (χ2n) is 5.54. The molecule has 0 saturated carbocycles. The Hall–Kier alpha value is -1.07. The summed E-state index contributed by atoms with van der Waals surface area (Å²) in [5, 5.41) is 13.5. The summed E-state index contributed by atoms with van der Waals surface area (Å²) in [7, 11) is 0. The van der Waals surface area contributed by atoms with E-state index in [1.54, 1.807) is 0 Å². The van der Waals surface area contributed by atoms with Crippen molar-refractivity contribution in [2.24, 2.45) is 0 Å². The van der Waals surface area contributed by atoms with Crippen molar-refractivity contribution in [1.29, 1.82) is 0 Å². The predicted octanol–water partition coefficient (Wildman–Crippen LogP) is 1.79. The fraction of sp³-hybridized carbons (Fsp3) is 0.692. The van der Waals surface area contributed by atoms with E-state index in [0.29, 0.717) is 5.69 Å². The van der Waals surface area contributed by atoms with Crippen LogP contribution in [0.2, 0.25) is 0 Å². The average molecular weight is 287 g/mol. The maximum absolute atomic E-state index is 12.2. The molecule has 1 aliphatic heterocycles. The van der Waals surface area contributed by atoms with Gasteiger partial charge >= 0.3 is 0 Å². The number of nitrogens with one attached hydrogen (secondary N) is 3. The van der Waals surface area contributed by atoms with E-state index in [1.165, 1.54) is 0 Å². The quantitative estimate of drug-likeness (QED) is 0.790. The van der Waals surface area contributed by atoms with Crippen LogP contribution in [0.3, 0.4) is 0 Å². The van der Waals surface area contributed by atoms with E-state index in [1.807, 2.05) is 13.8 Å². The fourth-order valence-electron chi connectivity index (χ4n) is 2.47. The molecule has 108 valence electrons. The van der Waals surface area contributed by atoms with Gasteiger partial charge in [-0.15, -0.1) is 12.4 Å². The van der Waals surface area contributed by atoms with Gasteiger partial charge in [-0.2, -0.15) is 5.10 Å². The van der Waals surface area contributed by atoms with Crippen molar-refractivity contribution in [1.82, 2.24) is 20.8 Å². The summed E-state index contributed by atoms with van der Waals surface area (Å²) in [6.45, 7) is 7.88. The van der Waals surface area contributed by atoms with E-state index in [2.05, 4.69) is 27.8 Å². The topological polar surface area (TPSA) is 69.8 Å². The maximum atomic E-state index is 12.2. The predicted molar refractivity (Wildman–Crippen MR) is 77.7 cm³/mol. The molecule has 0 atom stereocenters. The molecule has 3 N–H and O–H groups in total. The van der Waals surface area contributed by atoms with Gasteiger partial charge in [0.1, 0.15) is 0 Å². The molecule has 1 aliphatic rings. The van der Waals surface area contributed by atoms with Crippen molar-refractivity contribution in [2.45, 2.75) is 52.1 Å². The molecule has 0 aromatic carbocycles. The Balaban J connectivity index is 0.00000180. The molecular formula is C13H23ClN4O. The summed E-state index contributed by atoms with van der Waals surface area (Å²) in [6.07, 6.45) is 2.92. The molecule has 2 heterocycles. The van der Waals surface area contributed by atoms with Crippen LogP contribution in [0.1, 0.15) is 55.4 Å². The molecule has 0 saturated heterocycles. The Morgan fingerprint density at radius 1 is 1.47 bits per heavy atom. The molecule has 6 heteroatoms. The molecule has 0 fully saturated rings. The lowest BCUT2D eigenvalue weighted by Gasteiger charge is -2.25. The van der Waals surface area contributed by atoms with Gasteiger partial charge < -0.3 is 10.6 Å². The highest BCUT2D eigenvalue weighted by Crippen LogP contribution is 2.17. The minimum absolute atomic E-state index is 0. The van der Waals surface area contributed by atoms with Gasteiger partial charge in [-0.3, -0.25) is 9.89 Å². The second kappa shape index (κ2) is 6.39. The van der Waals surface area contributed by atoms with Gasteiger partial charge in [-0.05, 0) is 20.3 Å². The van der Waals surface area contributed by atoms with Crippen molar-refractivity contribution in [2.75, 3.05) is 6.54 Å². The molecular weight excluding hydrogens is 264 g/mol. The van der Waals surface area contributed by atoms with Crippen LogP contribution in [0.5, 0.6) is 0 Å². The van der Waals surface area contributed by atoms with Crippen molar-refractivity contribution in [3.8, 4) is 0 Å². The zero-order valence-electron chi connectivity index (χ0n) is 11.8. The normalized spacial score (nSPS) is 14.5. The van der Waals surface area contributed by atoms with Gasteiger partial charge in [-0.25, -0.2) is 0 Å². The zero-order valence-corrected chi connectivity index (χ0v) is 12.6. The number of amides is 1. The van der Waals surface area contributed by atoms with E-state index in [0.717, 1.165) is 43.6 Å². The van der Waals surface area contributed by atoms with Crippen LogP contribution in [-0.2, 0) is 13.0 Å². The number of hydrogen-bond acceptors (Lipinski definition) is 3. The molecule has 0 unspecified atom stereocenters. The fourth-order valence-corrected chi connectivity index (χ4v) is 2.47. The summed E-state index contributed by atoms with van der Waals surface area (Å²) in [6, 6.07) is 0. The Kier molecular flexibility index (Phi) is 5.38. The van der Waals surface area contributed by atoms with E-state index in [4.69, 9.17) is 0 Å². The standard InChI is InChI=1S/C13H22N4O.ClH/c1-4-6-13(2,3)15-12(18)11-9-8-14-7-5-10(9)16-17-11;/h14H,4-8H2,1-3H3,(H,15,18)(H,16,17);1H. The first-order chi connectivity index (χ1) is 8.53. The van der Waals surface area contributed by atoms with Gasteiger partial charge in [-0.1, -0.05) is 13.3 Å². The highest BCUT2D eigenvalue weighted by molar-refractivity contribution is 5.94. The first kappa shape index (κ1) is 16.0. The highest BCUT2D eigenvalue weighted by atomic mass is 35.5. The number of nitrogens with zero attached hydrogens (tertiary/aromatic N) is 1. The number of carbonyl (C=O) groups excluding carboxylic acids is 1. The summed E-state index contributed by atoms with van der Waals surface area (Å²) in [5.41, 5.74) is 2.47. The first-order valence-corrected chi connectivity index (χ1v) is 6.63. The van der Waals surface area contributed by atoms with Crippen LogP contribution in [0.25, 0.3) is 0 Å². The van der Waals surface area contributed by atoms with Gasteiger partial charge in [0.2, 0.25) is 0 Å². The molecule has 1 aromatic heterocycles. The summed E-state index contributed by atoms with van der Waals surface area (Å²) < 4.78 is 0. The van der Waals surface area contributed by atoms with E-state index in [9.17, 15) is 4.79 Å². The Bertz CT molecular complexity index is 442. The van der Waals surface area contributed by atoms with Crippen LogP contribution in [0.4, 0.5) is 0 Å². The van der Waals surface area contributed by atoms with Crippen molar-refractivity contribution >= 4 is 18.3 Å². The number of H-pyrrole nitrogens is 1. The van der Waals surface area contributed by atoms with E-state index in [-0.39, 0.29) is 23.9 Å². The summed E-state index contributed by atoms with van der Waals surface area (Å²) in [4.78, 5) is 12.2. The van der Waals surface area contributed by atoms with Gasteiger partial charge in [0, 0.05) is 36.3 Å². The smallest absolute Gasteiger partial charge is 0.272 e. The second-order valence-corrected chi connectivity index (χ2v) is 5.54. The minimum atomic E-state index is -0.181. The van der Waals surface area contributed by atoms with Gasteiger partial charge in [0.05, 0.1) is 0 Å². The largest absolute Gasteiger partial charge is 0.346 e. The molecule has 0 aliphatic carbocycles. The lowest BCUT2D eigenvalue weighted by Crippen LogP contribution is -2.43. The zero-order chi connectivity index (χ0) is 13.2. The number of fused-ring (bicyclic) bond motifs is 1. The molecule has 1 amide bonds. The lowest BCUT2D eigenvalue weighted by atomic mass is 9.98. The molecule has 19 heavy (non-hydrogen) atoms. The molecule has 0 radical (unpaired) electrons. The average Bonchev–Trinajstić information content (AvgIpc) is 2.71. The Morgan fingerprint density at radius 3 is 2.89 bits per heavy atom. The van der Waals surface area contributed by atoms with Gasteiger partial charge in [0.25, 0.3) is 5.91 Å². The maximum Gasteiger partial charge on any atom is 0.272 e. The summed E-state index contributed by atoms with van der Waals surface area (Å²) >= 11 is 0. The monoisotopic (exact) mass is 286 g/mol. The SMILES string of the molecule is CCCC(C)(C)NC(=O)c1n[nH]c2c1CNCC2.Cl. The molecule has 0 bridgehead atoms. The van der Waals surface area contributed by atoms with Gasteiger partial charge in [0.15, 0.2) is 5.69 Å². The number of aromatic nitrogens is 2. The third-order valence-electron chi connectivity index (χ3n) is 3.35. The minimum Gasteiger partial charge on any atom is -0.346 e. The van der Waals surface area contributed by atoms with Crippen LogP contribution in [0.15, 0.2) is 0 Å². The van der Waals surface area contributed by atoms with Crippen LogP contribution in [-0.4, -0.2) is 28.2 Å². The molecule has 2 rings (SSSR count). The van der Waals surface area contributed by atoms with Crippen molar-refractivity contribution in [3.63, 3.8) is 0 Å². The third-order valence-corrected chi connectivity index (χ3v) is 3.35. The van der Waals surface area contributed by atoms with Crippen LogP contribution < -0.4 is 10.6 Å². The Morgan fingerprint density at radius 2 is 2.21 bits per heavy atom. The lowest BCUT2D eigenvalue weighted by molar-refractivity contribution is 0.0902.